The van der Waals surface area contributed by atoms with Crippen molar-refractivity contribution in [2.75, 3.05) is 0 Å². The summed E-state index contributed by atoms with van der Waals surface area (Å²) in [6.45, 7) is 0. The van der Waals surface area contributed by atoms with E-state index < -0.39 is 11.5 Å². The zero-order chi connectivity index (χ0) is 9.47. The van der Waals surface area contributed by atoms with Crippen molar-refractivity contribution in [3.8, 4) is 6.07 Å². The Kier molecular flexibility index (Phi) is 1.46. The van der Waals surface area contributed by atoms with Gasteiger partial charge in [0.15, 0.2) is 0 Å². The van der Waals surface area contributed by atoms with Crippen molar-refractivity contribution in [2.45, 2.75) is 12.1 Å². The van der Waals surface area contributed by atoms with Crippen LogP contribution in [0.3, 0.4) is 0 Å². The molecule has 1 unspecified atom stereocenters. The van der Waals surface area contributed by atoms with Crippen LogP contribution in [0.5, 0.6) is 0 Å². The van der Waals surface area contributed by atoms with Crippen molar-refractivity contribution in [1.29, 1.82) is 5.26 Å². The van der Waals surface area contributed by atoms with Crippen molar-refractivity contribution >= 4 is 5.78 Å². The number of carbonyl (C=O) groups is 1. The summed E-state index contributed by atoms with van der Waals surface area (Å²) in [5.41, 5.74) is -1.37. The topological polar surface area (TPSA) is 40.9 Å². The number of Topliss-reactive ketones (excluding diaryl/α,β-unsaturated/α-hetero) is 1. The summed E-state index contributed by atoms with van der Waals surface area (Å²) in [7, 11) is 0. The summed E-state index contributed by atoms with van der Waals surface area (Å²) in [5, 5.41) is 8.52. The van der Waals surface area contributed by atoms with Crippen molar-refractivity contribution in [1.82, 2.24) is 0 Å². The van der Waals surface area contributed by atoms with Gasteiger partial charge in [0.1, 0.15) is 6.07 Å². The number of nitriles is 1. The van der Waals surface area contributed by atoms with Crippen LogP contribution in [-0.2, 0) is 6.42 Å². The van der Waals surface area contributed by atoms with Gasteiger partial charge < -0.3 is 0 Å². The van der Waals surface area contributed by atoms with E-state index in [1.165, 1.54) is 6.07 Å². The quantitative estimate of drug-likeness (QED) is 0.601. The van der Waals surface area contributed by atoms with Crippen LogP contribution in [0.1, 0.15) is 15.9 Å². The van der Waals surface area contributed by atoms with Crippen LogP contribution in [0, 0.1) is 11.3 Å². The molecule has 0 saturated heterocycles. The smallest absolute Gasteiger partial charge is 0.261 e. The summed E-state index contributed by atoms with van der Waals surface area (Å²) < 4.78 is 13.5. The molecular weight excluding hydrogens is 169 g/mol. The summed E-state index contributed by atoms with van der Waals surface area (Å²) >= 11 is 0. The van der Waals surface area contributed by atoms with Gasteiger partial charge in [0, 0.05) is 12.0 Å². The van der Waals surface area contributed by atoms with Crippen molar-refractivity contribution in [3.05, 3.63) is 35.4 Å². The summed E-state index contributed by atoms with van der Waals surface area (Å²) in [5.74, 6) is -0.703. The lowest BCUT2D eigenvalue weighted by atomic mass is 10.0. The molecule has 0 aromatic heterocycles. The molecule has 0 bridgehead atoms. The molecule has 64 valence electrons. The first-order chi connectivity index (χ1) is 6.17. The molecule has 1 aromatic rings. The minimum atomic E-state index is -2.33. The predicted octanol–water partition coefficient (Wildman–Crippen LogP) is 1.66. The first-order valence-electron chi connectivity index (χ1n) is 3.90. The molecule has 3 heteroatoms. The second-order valence-electron chi connectivity index (χ2n) is 3.08. The molecule has 0 spiro atoms. The Labute approximate surface area is 74.6 Å². The maximum absolute atomic E-state index is 13.5. The number of hydrogen-bond acceptors (Lipinski definition) is 2. The summed E-state index contributed by atoms with van der Waals surface area (Å²) in [4.78, 5) is 11.4. The zero-order valence-corrected chi connectivity index (χ0v) is 6.75. The first kappa shape index (κ1) is 7.93. The lowest BCUT2D eigenvalue weighted by Crippen LogP contribution is -2.27. The van der Waals surface area contributed by atoms with Crippen LogP contribution < -0.4 is 0 Å². The fourth-order valence-electron chi connectivity index (χ4n) is 1.54. The molecule has 0 radical (unpaired) electrons. The molecule has 13 heavy (non-hydrogen) atoms. The fraction of sp³-hybridized carbons (Fsp3) is 0.200. The number of hydrogen-bond donors (Lipinski definition) is 0. The zero-order valence-electron chi connectivity index (χ0n) is 6.75. The third kappa shape index (κ3) is 0.955. The molecule has 0 saturated carbocycles. The molecule has 1 aliphatic carbocycles. The predicted molar refractivity (Wildman–Crippen MR) is 43.9 cm³/mol. The van der Waals surface area contributed by atoms with Crippen LogP contribution in [0.4, 0.5) is 4.39 Å². The Bertz CT molecular complexity index is 421. The average molecular weight is 175 g/mol. The standard InChI is InChI=1S/C10H6FNO/c11-10(6-12)5-7-3-1-2-4-8(7)9(10)13/h1-4H,5H2. The normalized spacial score (nSPS) is 25.4. The average Bonchev–Trinajstić information content (AvgIpc) is 2.41. The van der Waals surface area contributed by atoms with E-state index in [-0.39, 0.29) is 6.42 Å². The maximum atomic E-state index is 13.5. The van der Waals surface area contributed by atoms with Crippen molar-refractivity contribution in [2.24, 2.45) is 0 Å². The number of alkyl halides is 1. The number of ketones is 1. The second-order valence-corrected chi connectivity index (χ2v) is 3.08. The molecule has 0 heterocycles. The van der Waals surface area contributed by atoms with Crippen LogP contribution in [0.15, 0.2) is 24.3 Å². The van der Waals surface area contributed by atoms with E-state index in [0.29, 0.717) is 11.1 Å². The fourth-order valence-corrected chi connectivity index (χ4v) is 1.54. The molecule has 0 fully saturated rings. The SMILES string of the molecule is N#CC1(F)Cc2ccccc2C1=O. The molecule has 0 N–H and O–H groups in total. The molecule has 1 aliphatic rings. The van der Waals surface area contributed by atoms with Gasteiger partial charge in [0.25, 0.3) is 5.67 Å². The van der Waals surface area contributed by atoms with Gasteiger partial charge in [0.2, 0.25) is 5.78 Å². The largest absolute Gasteiger partial charge is 0.289 e. The molecule has 2 nitrogen and oxygen atoms in total. The first-order valence-corrected chi connectivity index (χ1v) is 3.90. The van der Waals surface area contributed by atoms with E-state index >= 15 is 0 Å². The monoisotopic (exact) mass is 175 g/mol. The van der Waals surface area contributed by atoms with Crippen LogP contribution in [0.25, 0.3) is 0 Å². The van der Waals surface area contributed by atoms with Crippen molar-refractivity contribution in [3.63, 3.8) is 0 Å². The third-order valence-corrected chi connectivity index (χ3v) is 2.23. The number of rotatable bonds is 0. The molecule has 0 aliphatic heterocycles. The maximum Gasteiger partial charge on any atom is 0.261 e. The van der Waals surface area contributed by atoms with Gasteiger partial charge in [-0.3, -0.25) is 4.79 Å². The lowest BCUT2D eigenvalue weighted by molar-refractivity contribution is 0.0820. The van der Waals surface area contributed by atoms with E-state index in [2.05, 4.69) is 0 Å². The minimum Gasteiger partial charge on any atom is -0.289 e. The highest BCUT2D eigenvalue weighted by atomic mass is 19.1. The Morgan fingerprint density at radius 2 is 2.15 bits per heavy atom. The van der Waals surface area contributed by atoms with E-state index in [1.807, 2.05) is 0 Å². The van der Waals surface area contributed by atoms with E-state index in [4.69, 9.17) is 5.26 Å². The van der Waals surface area contributed by atoms with Gasteiger partial charge in [-0.1, -0.05) is 24.3 Å². The summed E-state index contributed by atoms with van der Waals surface area (Å²) in [6.07, 6.45) is -0.113. The number of nitrogens with zero attached hydrogens (tertiary/aromatic N) is 1. The van der Waals surface area contributed by atoms with Crippen LogP contribution in [-0.4, -0.2) is 11.5 Å². The third-order valence-electron chi connectivity index (χ3n) is 2.23. The Morgan fingerprint density at radius 1 is 1.46 bits per heavy atom. The number of benzene rings is 1. The van der Waals surface area contributed by atoms with Gasteiger partial charge in [-0.05, 0) is 5.56 Å². The molecular formula is C10H6FNO. The van der Waals surface area contributed by atoms with E-state index in [0.717, 1.165) is 0 Å². The summed E-state index contributed by atoms with van der Waals surface area (Å²) in [6, 6.07) is 8.04. The number of halogens is 1. The molecule has 0 amide bonds. The Morgan fingerprint density at radius 3 is 2.77 bits per heavy atom. The van der Waals surface area contributed by atoms with Gasteiger partial charge in [-0.2, -0.15) is 5.26 Å². The highest BCUT2D eigenvalue weighted by Gasteiger charge is 2.46. The minimum absolute atomic E-state index is 0.113. The Hall–Kier alpha value is -1.69. The van der Waals surface area contributed by atoms with E-state index in [1.54, 1.807) is 24.3 Å². The highest BCUT2D eigenvalue weighted by Crippen LogP contribution is 2.32. The highest BCUT2D eigenvalue weighted by molar-refractivity contribution is 6.08. The van der Waals surface area contributed by atoms with Gasteiger partial charge in [-0.25, -0.2) is 4.39 Å². The van der Waals surface area contributed by atoms with Gasteiger partial charge in [0.05, 0.1) is 0 Å². The molecule has 2 rings (SSSR count). The Balaban J connectivity index is 2.57. The number of carbonyl (C=O) groups excluding carboxylic acids is 1. The van der Waals surface area contributed by atoms with Gasteiger partial charge >= 0.3 is 0 Å². The molecule has 1 atom stereocenters. The van der Waals surface area contributed by atoms with E-state index in [9.17, 15) is 9.18 Å². The second kappa shape index (κ2) is 2.40. The van der Waals surface area contributed by atoms with Crippen LogP contribution >= 0.6 is 0 Å². The number of fused-ring (bicyclic) bond motifs is 1. The van der Waals surface area contributed by atoms with Crippen molar-refractivity contribution < 1.29 is 9.18 Å². The van der Waals surface area contributed by atoms with Crippen LogP contribution in [0.2, 0.25) is 0 Å². The lowest BCUT2D eigenvalue weighted by Gasteiger charge is -2.04. The molecule has 1 aromatic carbocycles. The van der Waals surface area contributed by atoms with Gasteiger partial charge in [-0.15, -0.1) is 0 Å².